The van der Waals surface area contributed by atoms with Gasteiger partial charge in [-0.1, -0.05) is 30.8 Å². The summed E-state index contributed by atoms with van der Waals surface area (Å²) in [7, 11) is 0. The molecule has 20 heavy (non-hydrogen) atoms. The van der Waals surface area contributed by atoms with Gasteiger partial charge in [0.1, 0.15) is 10.8 Å². The van der Waals surface area contributed by atoms with Crippen molar-refractivity contribution in [2.45, 2.75) is 37.2 Å². The van der Waals surface area contributed by atoms with Gasteiger partial charge in [-0.2, -0.15) is 0 Å². The number of nitrogens with zero attached hydrogens (tertiary/aromatic N) is 1. The van der Waals surface area contributed by atoms with E-state index in [0.717, 1.165) is 28.4 Å². The number of aryl methyl sites for hydroxylation is 2. The Balaban J connectivity index is 2.31. The molecule has 106 valence electrons. The van der Waals surface area contributed by atoms with Crippen LogP contribution >= 0.6 is 11.8 Å². The van der Waals surface area contributed by atoms with Gasteiger partial charge in [-0.3, -0.25) is 0 Å². The van der Waals surface area contributed by atoms with Crippen molar-refractivity contribution in [3.63, 3.8) is 0 Å². The average Bonchev–Trinajstić information content (AvgIpc) is 2.38. The van der Waals surface area contributed by atoms with E-state index in [1.54, 1.807) is 6.07 Å². The van der Waals surface area contributed by atoms with Crippen LogP contribution in [0.2, 0.25) is 0 Å². The van der Waals surface area contributed by atoms with Gasteiger partial charge in [0.05, 0.1) is 4.90 Å². The molecule has 0 unspecified atom stereocenters. The highest BCUT2D eigenvalue weighted by Crippen LogP contribution is 2.32. The summed E-state index contributed by atoms with van der Waals surface area (Å²) in [4.78, 5) is 5.13. The van der Waals surface area contributed by atoms with Crippen molar-refractivity contribution in [1.29, 1.82) is 0 Å². The van der Waals surface area contributed by atoms with E-state index in [9.17, 15) is 4.39 Å². The Bertz CT molecular complexity index is 579. The van der Waals surface area contributed by atoms with Gasteiger partial charge in [0.15, 0.2) is 0 Å². The molecule has 0 spiro atoms. The first-order valence-corrected chi connectivity index (χ1v) is 7.53. The van der Waals surface area contributed by atoms with Crippen LogP contribution in [0, 0.1) is 19.7 Å². The molecule has 0 atom stereocenters. The quantitative estimate of drug-likeness (QED) is 0.897. The number of hydrogen-bond acceptors (Lipinski definition) is 3. The molecule has 0 saturated heterocycles. The highest BCUT2D eigenvalue weighted by molar-refractivity contribution is 7.99. The second-order valence-electron chi connectivity index (χ2n) is 4.73. The molecule has 0 aliphatic rings. The second kappa shape index (κ2) is 6.86. The van der Waals surface area contributed by atoms with Gasteiger partial charge in [-0.15, -0.1) is 0 Å². The van der Waals surface area contributed by atoms with Gasteiger partial charge in [-0.05, 0) is 49.7 Å². The SMILES string of the molecule is CCNCc1cccc(F)c1Sc1cc(C)cc(C)n1. The van der Waals surface area contributed by atoms with Crippen molar-refractivity contribution in [2.75, 3.05) is 6.54 Å². The topological polar surface area (TPSA) is 24.9 Å². The molecule has 2 aromatic rings. The lowest BCUT2D eigenvalue weighted by atomic mass is 10.2. The molecule has 0 amide bonds. The number of nitrogens with one attached hydrogen (secondary N) is 1. The molecule has 1 N–H and O–H groups in total. The lowest BCUT2D eigenvalue weighted by Crippen LogP contribution is -2.12. The van der Waals surface area contributed by atoms with Gasteiger partial charge in [0, 0.05) is 12.2 Å². The first-order chi connectivity index (χ1) is 9.60. The van der Waals surface area contributed by atoms with Crippen molar-refractivity contribution in [3.05, 3.63) is 53.0 Å². The monoisotopic (exact) mass is 290 g/mol. The lowest BCUT2D eigenvalue weighted by Gasteiger charge is -2.11. The fourth-order valence-corrected chi connectivity index (χ4v) is 3.11. The fraction of sp³-hybridized carbons (Fsp3) is 0.312. The zero-order chi connectivity index (χ0) is 14.5. The standard InChI is InChI=1S/C16H19FN2S/c1-4-18-10-13-6-5-7-14(17)16(13)20-15-9-11(2)8-12(3)19-15/h5-9,18H,4,10H2,1-3H3. The number of halogens is 1. The summed E-state index contributed by atoms with van der Waals surface area (Å²) in [6.07, 6.45) is 0. The first-order valence-electron chi connectivity index (χ1n) is 6.71. The number of pyridine rings is 1. The third-order valence-electron chi connectivity index (χ3n) is 2.89. The molecule has 1 aromatic carbocycles. The van der Waals surface area contributed by atoms with E-state index in [4.69, 9.17) is 0 Å². The zero-order valence-electron chi connectivity index (χ0n) is 12.0. The van der Waals surface area contributed by atoms with Gasteiger partial charge in [-0.25, -0.2) is 9.37 Å². The lowest BCUT2D eigenvalue weighted by molar-refractivity contribution is 0.591. The summed E-state index contributed by atoms with van der Waals surface area (Å²) in [5.41, 5.74) is 3.07. The Morgan fingerprint density at radius 2 is 2.05 bits per heavy atom. The third-order valence-corrected chi connectivity index (χ3v) is 3.97. The number of benzene rings is 1. The van der Waals surface area contributed by atoms with Crippen LogP contribution in [0.15, 0.2) is 40.3 Å². The molecule has 2 rings (SSSR count). The van der Waals surface area contributed by atoms with Crippen LogP contribution < -0.4 is 5.32 Å². The molecule has 0 fully saturated rings. The molecule has 0 radical (unpaired) electrons. The molecular weight excluding hydrogens is 271 g/mol. The van der Waals surface area contributed by atoms with Crippen LogP contribution in [-0.2, 0) is 6.54 Å². The maximum absolute atomic E-state index is 14.1. The van der Waals surface area contributed by atoms with Crippen molar-refractivity contribution < 1.29 is 4.39 Å². The predicted octanol–water partition coefficient (Wildman–Crippen LogP) is 4.10. The Labute approximate surface area is 123 Å². The molecule has 4 heteroatoms. The zero-order valence-corrected chi connectivity index (χ0v) is 12.9. The van der Waals surface area contributed by atoms with E-state index in [1.165, 1.54) is 17.8 Å². The summed E-state index contributed by atoms with van der Waals surface area (Å²) in [5.74, 6) is -0.189. The summed E-state index contributed by atoms with van der Waals surface area (Å²) in [5, 5.41) is 4.08. The highest BCUT2D eigenvalue weighted by Gasteiger charge is 2.11. The largest absolute Gasteiger partial charge is 0.313 e. The van der Waals surface area contributed by atoms with E-state index >= 15 is 0 Å². The van der Waals surface area contributed by atoms with Gasteiger partial charge < -0.3 is 5.32 Å². The molecule has 0 aliphatic carbocycles. The number of aromatic nitrogens is 1. The number of hydrogen-bond donors (Lipinski definition) is 1. The molecule has 1 heterocycles. The molecule has 0 aliphatic heterocycles. The van der Waals surface area contributed by atoms with Gasteiger partial charge >= 0.3 is 0 Å². The van der Waals surface area contributed by atoms with Crippen molar-refractivity contribution in [3.8, 4) is 0 Å². The van der Waals surface area contributed by atoms with Crippen molar-refractivity contribution >= 4 is 11.8 Å². The molecule has 0 bridgehead atoms. The highest BCUT2D eigenvalue weighted by atomic mass is 32.2. The summed E-state index contributed by atoms with van der Waals surface area (Å²) < 4.78 is 14.1. The minimum Gasteiger partial charge on any atom is -0.313 e. The normalized spacial score (nSPS) is 10.8. The molecule has 2 nitrogen and oxygen atoms in total. The van der Waals surface area contributed by atoms with Crippen LogP contribution in [0.1, 0.15) is 23.7 Å². The third kappa shape index (κ3) is 3.81. The second-order valence-corrected chi connectivity index (χ2v) is 5.77. The Kier molecular flexibility index (Phi) is 5.15. The predicted molar refractivity (Wildman–Crippen MR) is 81.6 cm³/mol. The van der Waals surface area contributed by atoms with E-state index in [2.05, 4.69) is 10.3 Å². The number of rotatable bonds is 5. The smallest absolute Gasteiger partial charge is 0.137 e. The van der Waals surface area contributed by atoms with Crippen LogP contribution in [0.4, 0.5) is 4.39 Å². The fourth-order valence-electron chi connectivity index (χ4n) is 2.03. The minimum atomic E-state index is -0.189. The maximum atomic E-state index is 14.1. The maximum Gasteiger partial charge on any atom is 0.137 e. The van der Waals surface area contributed by atoms with E-state index < -0.39 is 0 Å². The van der Waals surface area contributed by atoms with Gasteiger partial charge in [0.2, 0.25) is 0 Å². The minimum absolute atomic E-state index is 0.189. The van der Waals surface area contributed by atoms with Crippen LogP contribution in [0.3, 0.4) is 0 Å². The summed E-state index contributed by atoms with van der Waals surface area (Å²) in [6.45, 7) is 7.55. The average molecular weight is 290 g/mol. The van der Waals surface area contributed by atoms with E-state index in [1.807, 2.05) is 39.0 Å². The van der Waals surface area contributed by atoms with Crippen LogP contribution in [0.5, 0.6) is 0 Å². The Morgan fingerprint density at radius 1 is 1.25 bits per heavy atom. The van der Waals surface area contributed by atoms with Gasteiger partial charge in [0.25, 0.3) is 0 Å². The Morgan fingerprint density at radius 3 is 2.75 bits per heavy atom. The van der Waals surface area contributed by atoms with Crippen molar-refractivity contribution in [1.82, 2.24) is 10.3 Å². The molecular formula is C16H19FN2S. The summed E-state index contributed by atoms with van der Waals surface area (Å²) >= 11 is 1.39. The first kappa shape index (κ1) is 15.0. The summed E-state index contributed by atoms with van der Waals surface area (Å²) in [6, 6.07) is 9.21. The molecule has 0 saturated carbocycles. The van der Waals surface area contributed by atoms with Crippen LogP contribution in [-0.4, -0.2) is 11.5 Å². The van der Waals surface area contributed by atoms with E-state index in [-0.39, 0.29) is 5.82 Å². The van der Waals surface area contributed by atoms with Crippen molar-refractivity contribution in [2.24, 2.45) is 0 Å². The molecule has 1 aromatic heterocycles. The van der Waals surface area contributed by atoms with E-state index in [0.29, 0.717) is 11.4 Å². The van der Waals surface area contributed by atoms with Crippen LogP contribution in [0.25, 0.3) is 0 Å². The Hall–Kier alpha value is -1.39.